The Bertz CT molecular complexity index is 1090. The molecule has 31 heavy (non-hydrogen) atoms. The molecule has 162 valence electrons. The molecule has 1 aliphatic carbocycles. The van der Waals surface area contributed by atoms with Crippen LogP contribution in [-0.4, -0.2) is 46.5 Å². The molecule has 3 aromatic rings. The number of para-hydroxylation sites is 1. The third-order valence-electron chi connectivity index (χ3n) is 7.04. The molecule has 1 saturated heterocycles. The van der Waals surface area contributed by atoms with Gasteiger partial charge in [-0.3, -0.25) is 14.7 Å². The van der Waals surface area contributed by atoms with E-state index in [4.69, 9.17) is 4.42 Å². The minimum Gasteiger partial charge on any atom is -0.451 e. The van der Waals surface area contributed by atoms with E-state index >= 15 is 0 Å². The highest BCUT2D eigenvalue weighted by molar-refractivity contribution is 5.96. The number of piperidine rings is 1. The number of H-pyrrole nitrogens is 1. The van der Waals surface area contributed by atoms with E-state index in [2.05, 4.69) is 29.4 Å². The Morgan fingerprint density at radius 2 is 2.06 bits per heavy atom. The van der Waals surface area contributed by atoms with Crippen molar-refractivity contribution >= 4 is 22.8 Å². The van der Waals surface area contributed by atoms with E-state index in [0.717, 1.165) is 49.0 Å². The molecule has 1 aliphatic heterocycles. The molecule has 1 saturated carbocycles. The predicted octanol–water partition coefficient (Wildman–Crippen LogP) is 3.95. The molecule has 2 N–H and O–H groups in total. The topological polar surface area (TPSA) is 91.2 Å². The van der Waals surface area contributed by atoms with E-state index in [1.807, 2.05) is 29.2 Å². The summed E-state index contributed by atoms with van der Waals surface area (Å²) in [6.45, 7) is 6.29. The van der Waals surface area contributed by atoms with Gasteiger partial charge in [0.2, 0.25) is 0 Å². The molecule has 2 fully saturated rings. The number of nitrogens with zero attached hydrogens (tertiary/aromatic N) is 2. The molecule has 1 atom stereocenters. The SMILES string of the molecule is CC(C)c1[nH]ncc1C(=O)N1CCC2(CC1)CC2CNC(=O)c1cc2ccccc2o1. The van der Waals surface area contributed by atoms with E-state index < -0.39 is 0 Å². The first-order chi connectivity index (χ1) is 15.0. The predicted molar refractivity (Wildman–Crippen MR) is 117 cm³/mol. The van der Waals surface area contributed by atoms with Crippen LogP contribution in [-0.2, 0) is 0 Å². The van der Waals surface area contributed by atoms with Gasteiger partial charge in [0.25, 0.3) is 11.8 Å². The second-order valence-corrected chi connectivity index (χ2v) is 9.27. The van der Waals surface area contributed by atoms with E-state index in [-0.39, 0.29) is 23.1 Å². The van der Waals surface area contributed by atoms with Crippen molar-refractivity contribution in [3.05, 3.63) is 53.5 Å². The van der Waals surface area contributed by atoms with Crippen molar-refractivity contribution in [2.24, 2.45) is 11.3 Å². The number of benzene rings is 1. The molecule has 2 aliphatic rings. The van der Waals surface area contributed by atoms with Crippen molar-refractivity contribution < 1.29 is 14.0 Å². The summed E-state index contributed by atoms with van der Waals surface area (Å²) in [5.74, 6) is 0.978. The van der Waals surface area contributed by atoms with Crippen molar-refractivity contribution in [1.29, 1.82) is 0 Å². The van der Waals surface area contributed by atoms with Crippen molar-refractivity contribution in [3.8, 4) is 0 Å². The van der Waals surface area contributed by atoms with E-state index in [9.17, 15) is 9.59 Å². The van der Waals surface area contributed by atoms with Gasteiger partial charge in [-0.15, -0.1) is 0 Å². The maximum absolute atomic E-state index is 12.9. The summed E-state index contributed by atoms with van der Waals surface area (Å²) < 4.78 is 5.66. The molecule has 7 nitrogen and oxygen atoms in total. The molecular formula is C24H28N4O3. The van der Waals surface area contributed by atoms with E-state index in [0.29, 0.717) is 23.8 Å². The van der Waals surface area contributed by atoms with E-state index in [1.54, 1.807) is 12.3 Å². The second-order valence-electron chi connectivity index (χ2n) is 9.27. The van der Waals surface area contributed by atoms with Gasteiger partial charge in [0.05, 0.1) is 17.5 Å². The highest BCUT2D eigenvalue weighted by atomic mass is 16.3. The van der Waals surface area contributed by atoms with Crippen LogP contribution < -0.4 is 5.32 Å². The van der Waals surface area contributed by atoms with Crippen LogP contribution in [0.5, 0.6) is 0 Å². The summed E-state index contributed by atoms with van der Waals surface area (Å²) >= 11 is 0. The molecule has 0 bridgehead atoms. The first-order valence-electron chi connectivity index (χ1n) is 11.1. The molecule has 3 heterocycles. The normalized spacial score (nSPS) is 19.8. The summed E-state index contributed by atoms with van der Waals surface area (Å²) in [4.78, 5) is 27.4. The van der Waals surface area contributed by atoms with Gasteiger partial charge in [-0.1, -0.05) is 32.0 Å². The zero-order valence-corrected chi connectivity index (χ0v) is 18.0. The number of nitrogens with one attached hydrogen (secondary N) is 2. The Balaban J connectivity index is 1.14. The van der Waals surface area contributed by atoms with Gasteiger partial charge in [0.15, 0.2) is 5.76 Å². The minimum atomic E-state index is -0.160. The number of hydrogen-bond donors (Lipinski definition) is 2. The number of aromatic amines is 1. The standard InChI is InChI=1S/C24H28N4O3/c1-15(2)21-18(14-26-27-21)23(30)28-9-7-24(8-10-28)12-17(24)13-25-22(29)20-11-16-5-3-4-6-19(16)31-20/h3-6,11,14-15,17H,7-10,12-13H2,1-2H3,(H,25,29)(H,26,27). The number of carbonyl (C=O) groups is 2. The molecule has 5 rings (SSSR count). The molecule has 1 unspecified atom stereocenters. The number of aromatic nitrogens is 2. The van der Waals surface area contributed by atoms with E-state index in [1.165, 1.54) is 0 Å². The Morgan fingerprint density at radius 1 is 1.29 bits per heavy atom. The summed E-state index contributed by atoms with van der Waals surface area (Å²) in [6.07, 6.45) is 4.73. The van der Waals surface area contributed by atoms with Crippen LogP contribution in [0.4, 0.5) is 0 Å². The molecular weight excluding hydrogens is 392 g/mol. The van der Waals surface area contributed by atoms with Gasteiger partial charge in [-0.05, 0) is 48.6 Å². The number of likely N-dealkylation sites (tertiary alicyclic amines) is 1. The Hall–Kier alpha value is -3.09. The van der Waals surface area contributed by atoms with Crippen molar-refractivity contribution in [2.75, 3.05) is 19.6 Å². The average molecular weight is 421 g/mol. The fourth-order valence-corrected chi connectivity index (χ4v) is 4.96. The van der Waals surface area contributed by atoms with Gasteiger partial charge < -0.3 is 14.6 Å². The highest BCUT2D eigenvalue weighted by Gasteiger charge is 2.54. The smallest absolute Gasteiger partial charge is 0.287 e. The summed E-state index contributed by atoms with van der Waals surface area (Å²) in [5.41, 5.74) is 2.58. The van der Waals surface area contributed by atoms with Gasteiger partial charge in [-0.25, -0.2) is 0 Å². The molecule has 1 aromatic carbocycles. The first kappa shape index (κ1) is 19.8. The van der Waals surface area contributed by atoms with Gasteiger partial charge in [0, 0.05) is 25.0 Å². The lowest BCUT2D eigenvalue weighted by Gasteiger charge is -2.33. The first-order valence-corrected chi connectivity index (χ1v) is 11.1. The number of furan rings is 1. The number of amides is 2. The Labute approximate surface area is 181 Å². The van der Waals surface area contributed by atoms with Crippen LogP contribution in [0.25, 0.3) is 11.0 Å². The van der Waals surface area contributed by atoms with Gasteiger partial charge in [-0.2, -0.15) is 5.10 Å². The quantitative estimate of drug-likeness (QED) is 0.654. The molecule has 7 heteroatoms. The highest BCUT2D eigenvalue weighted by Crippen LogP contribution is 2.59. The molecule has 2 amide bonds. The minimum absolute atomic E-state index is 0.0719. The second kappa shape index (κ2) is 7.55. The van der Waals surface area contributed by atoms with Crippen LogP contribution in [0.2, 0.25) is 0 Å². The number of fused-ring (bicyclic) bond motifs is 1. The Kier molecular flexibility index (Phi) is 4.84. The van der Waals surface area contributed by atoms with Crippen LogP contribution in [0, 0.1) is 11.3 Å². The summed E-state index contributed by atoms with van der Waals surface area (Å²) in [7, 11) is 0. The number of rotatable bonds is 5. The zero-order valence-electron chi connectivity index (χ0n) is 18.0. The lowest BCUT2D eigenvalue weighted by atomic mass is 9.90. The van der Waals surface area contributed by atoms with Crippen molar-refractivity contribution in [3.63, 3.8) is 0 Å². The maximum Gasteiger partial charge on any atom is 0.287 e. The lowest BCUT2D eigenvalue weighted by molar-refractivity contribution is 0.0667. The van der Waals surface area contributed by atoms with Crippen LogP contribution in [0.3, 0.4) is 0 Å². The molecule has 0 radical (unpaired) electrons. The van der Waals surface area contributed by atoms with Crippen molar-refractivity contribution in [2.45, 2.75) is 39.0 Å². The fraction of sp³-hybridized carbons (Fsp3) is 0.458. The fourth-order valence-electron chi connectivity index (χ4n) is 4.96. The third-order valence-corrected chi connectivity index (χ3v) is 7.04. The van der Waals surface area contributed by atoms with Crippen molar-refractivity contribution in [1.82, 2.24) is 20.4 Å². The molecule has 2 aromatic heterocycles. The number of carbonyl (C=O) groups excluding carboxylic acids is 2. The monoisotopic (exact) mass is 420 g/mol. The number of hydrogen-bond acceptors (Lipinski definition) is 4. The van der Waals surface area contributed by atoms with Gasteiger partial charge in [0.1, 0.15) is 5.58 Å². The zero-order chi connectivity index (χ0) is 21.6. The van der Waals surface area contributed by atoms with Gasteiger partial charge >= 0.3 is 0 Å². The van der Waals surface area contributed by atoms with Crippen LogP contribution in [0.1, 0.15) is 65.6 Å². The lowest BCUT2D eigenvalue weighted by Crippen LogP contribution is -2.40. The third kappa shape index (κ3) is 3.62. The van der Waals surface area contributed by atoms with Crippen LogP contribution >= 0.6 is 0 Å². The Morgan fingerprint density at radius 3 is 2.81 bits per heavy atom. The summed E-state index contributed by atoms with van der Waals surface area (Å²) in [5, 5.41) is 11.0. The average Bonchev–Trinajstić information content (AvgIpc) is 3.16. The maximum atomic E-state index is 12.9. The largest absolute Gasteiger partial charge is 0.451 e. The van der Waals surface area contributed by atoms with Crippen LogP contribution in [0.15, 0.2) is 40.9 Å². The molecule has 1 spiro atoms. The summed E-state index contributed by atoms with van der Waals surface area (Å²) in [6, 6.07) is 9.42.